The van der Waals surface area contributed by atoms with Gasteiger partial charge in [-0.15, -0.1) is 0 Å². The van der Waals surface area contributed by atoms with E-state index in [0.29, 0.717) is 5.69 Å². The van der Waals surface area contributed by atoms with Crippen LogP contribution in [0.2, 0.25) is 5.02 Å². The Balaban J connectivity index is 2.14. The molecule has 0 aliphatic carbocycles. The number of rotatable bonds is 3. The first-order valence-corrected chi connectivity index (χ1v) is 5.33. The average Bonchev–Trinajstić information content (AvgIpc) is 2.72. The summed E-state index contributed by atoms with van der Waals surface area (Å²) in [5.41, 5.74) is 0.132. The van der Waals surface area contributed by atoms with Gasteiger partial charge in [-0.25, -0.2) is 5.10 Å². The molecule has 16 heavy (non-hydrogen) atoms. The average molecular weight is 245 g/mol. The number of halogens is 1. The Kier molecular flexibility index (Phi) is 3.42. The maximum atomic E-state index is 11.2. The number of nitrogens with one attached hydrogen (secondary N) is 3. The van der Waals surface area contributed by atoms with Gasteiger partial charge >= 0.3 is 0 Å². The van der Waals surface area contributed by atoms with E-state index in [0.717, 1.165) is 13.1 Å². The Morgan fingerprint density at radius 3 is 3.19 bits per heavy atom. The molecule has 0 saturated carbocycles. The molecule has 88 valence electrons. The Labute approximate surface area is 97.3 Å². The Morgan fingerprint density at radius 1 is 1.62 bits per heavy atom. The molecule has 0 aromatic carbocycles. The maximum absolute atomic E-state index is 11.2. The fourth-order valence-electron chi connectivity index (χ4n) is 1.73. The minimum Gasteiger partial charge on any atom is -0.378 e. The summed E-state index contributed by atoms with van der Waals surface area (Å²) < 4.78 is 5.29. The number of hydrogen-bond acceptors (Lipinski definition) is 5. The summed E-state index contributed by atoms with van der Waals surface area (Å²) in [6.45, 7) is 1.55. The van der Waals surface area contributed by atoms with E-state index in [2.05, 4.69) is 20.8 Å². The van der Waals surface area contributed by atoms with E-state index in [1.165, 1.54) is 6.20 Å². The largest absolute Gasteiger partial charge is 0.378 e. The highest BCUT2D eigenvalue weighted by molar-refractivity contribution is 6.32. The number of nitrogens with zero attached hydrogens (tertiary/aromatic N) is 1. The maximum Gasteiger partial charge on any atom is 0.285 e. The van der Waals surface area contributed by atoms with Crippen molar-refractivity contribution in [3.05, 3.63) is 21.6 Å². The van der Waals surface area contributed by atoms with Crippen LogP contribution in [-0.2, 0) is 4.74 Å². The molecule has 2 rings (SSSR count). The van der Waals surface area contributed by atoms with Crippen molar-refractivity contribution in [1.29, 1.82) is 0 Å². The summed E-state index contributed by atoms with van der Waals surface area (Å²) >= 11 is 5.86. The van der Waals surface area contributed by atoms with Gasteiger partial charge < -0.3 is 15.4 Å². The second-order valence-electron chi connectivity index (χ2n) is 3.61. The molecule has 0 amide bonds. The summed E-state index contributed by atoms with van der Waals surface area (Å²) in [6.07, 6.45) is 1.56. The molecule has 7 heteroatoms. The van der Waals surface area contributed by atoms with Crippen molar-refractivity contribution in [3.63, 3.8) is 0 Å². The van der Waals surface area contributed by atoms with E-state index < -0.39 is 5.56 Å². The zero-order chi connectivity index (χ0) is 11.5. The molecule has 0 radical (unpaired) electrons. The summed E-state index contributed by atoms with van der Waals surface area (Å²) in [5.74, 6) is 0. The second-order valence-corrected chi connectivity index (χ2v) is 3.99. The highest BCUT2D eigenvalue weighted by Crippen LogP contribution is 2.18. The second kappa shape index (κ2) is 4.82. The summed E-state index contributed by atoms with van der Waals surface area (Å²) in [5, 5.41) is 12.4. The molecule has 1 aliphatic rings. The standard InChI is InChI=1S/C9H13ClN4O2/c1-16-7-4-11-2-5(7)13-6-3-12-14-9(15)8(6)10/h3,5,7,11H,2,4H2,1H3,(H2,13,14,15)/t5?,7-/m0/s1. The molecule has 1 aromatic rings. The van der Waals surface area contributed by atoms with E-state index in [9.17, 15) is 4.79 Å². The number of methoxy groups -OCH3 is 1. The third kappa shape index (κ3) is 2.18. The van der Waals surface area contributed by atoms with Crippen LogP contribution >= 0.6 is 11.6 Å². The van der Waals surface area contributed by atoms with Crippen molar-refractivity contribution in [2.24, 2.45) is 0 Å². The normalized spacial score (nSPS) is 24.6. The van der Waals surface area contributed by atoms with Crippen molar-refractivity contribution in [1.82, 2.24) is 15.5 Å². The van der Waals surface area contributed by atoms with Crippen LogP contribution in [0.1, 0.15) is 0 Å². The zero-order valence-electron chi connectivity index (χ0n) is 8.79. The van der Waals surface area contributed by atoms with Gasteiger partial charge in [-0.3, -0.25) is 4.79 Å². The Bertz CT molecular complexity index is 422. The van der Waals surface area contributed by atoms with Crippen LogP contribution in [-0.4, -0.2) is 42.5 Å². The molecule has 1 saturated heterocycles. The Hall–Kier alpha value is -1.11. The van der Waals surface area contributed by atoms with Crippen LogP contribution in [0, 0.1) is 0 Å². The van der Waals surface area contributed by atoms with E-state index in [4.69, 9.17) is 16.3 Å². The Morgan fingerprint density at radius 2 is 2.44 bits per heavy atom. The predicted octanol–water partition coefficient (Wildman–Crippen LogP) is -0.178. The van der Waals surface area contributed by atoms with Gasteiger partial charge in [0.25, 0.3) is 5.56 Å². The summed E-state index contributed by atoms with van der Waals surface area (Å²) in [4.78, 5) is 11.2. The smallest absolute Gasteiger partial charge is 0.285 e. The first-order chi connectivity index (χ1) is 7.72. The fraction of sp³-hybridized carbons (Fsp3) is 0.556. The summed E-state index contributed by atoms with van der Waals surface area (Å²) in [6, 6.07) is 0.0890. The molecule has 3 N–H and O–H groups in total. The molecule has 1 aliphatic heterocycles. The van der Waals surface area contributed by atoms with E-state index in [1.807, 2.05) is 0 Å². The molecule has 0 bridgehead atoms. The molecule has 1 aromatic heterocycles. The SMILES string of the molecule is CO[C@H]1CNCC1Nc1cn[nH]c(=O)c1Cl. The van der Waals surface area contributed by atoms with Crippen molar-refractivity contribution in [3.8, 4) is 0 Å². The number of hydrogen-bond donors (Lipinski definition) is 3. The highest BCUT2D eigenvalue weighted by Gasteiger charge is 2.27. The van der Waals surface area contributed by atoms with Gasteiger partial charge in [-0.2, -0.15) is 5.10 Å². The molecular formula is C9H13ClN4O2. The van der Waals surface area contributed by atoms with Gasteiger partial charge in [0.05, 0.1) is 24.0 Å². The number of aromatic nitrogens is 2. The van der Waals surface area contributed by atoms with E-state index in [-0.39, 0.29) is 17.2 Å². The molecule has 2 heterocycles. The third-order valence-electron chi connectivity index (χ3n) is 2.60. The van der Waals surface area contributed by atoms with Crippen molar-refractivity contribution < 1.29 is 4.74 Å². The zero-order valence-corrected chi connectivity index (χ0v) is 9.54. The molecule has 1 unspecified atom stereocenters. The number of aromatic amines is 1. The highest BCUT2D eigenvalue weighted by atomic mass is 35.5. The monoisotopic (exact) mass is 244 g/mol. The van der Waals surface area contributed by atoms with Crippen molar-refractivity contribution >= 4 is 17.3 Å². The lowest BCUT2D eigenvalue weighted by atomic mass is 10.2. The van der Waals surface area contributed by atoms with Crippen LogP contribution in [0.15, 0.2) is 11.0 Å². The van der Waals surface area contributed by atoms with Crippen molar-refractivity contribution in [2.45, 2.75) is 12.1 Å². The van der Waals surface area contributed by atoms with Gasteiger partial charge in [0.2, 0.25) is 0 Å². The number of ether oxygens (including phenoxy) is 1. The van der Waals surface area contributed by atoms with Gasteiger partial charge in [-0.1, -0.05) is 11.6 Å². The van der Waals surface area contributed by atoms with Crippen LogP contribution in [0.25, 0.3) is 0 Å². The van der Waals surface area contributed by atoms with Crippen molar-refractivity contribution in [2.75, 3.05) is 25.5 Å². The van der Waals surface area contributed by atoms with Gasteiger partial charge in [0.1, 0.15) is 5.02 Å². The van der Waals surface area contributed by atoms with Gasteiger partial charge in [-0.05, 0) is 0 Å². The molecule has 1 fully saturated rings. The number of anilines is 1. The van der Waals surface area contributed by atoms with E-state index >= 15 is 0 Å². The fourth-order valence-corrected chi connectivity index (χ4v) is 1.88. The minimum absolute atomic E-state index is 0.0651. The molecular weight excluding hydrogens is 232 g/mol. The van der Waals surface area contributed by atoms with Crippen LogP contribution in [0.5, 0.6) is 0 Å². The van der Waals surface area contributed by atoms with Crippen LogP contribution in [0.3, 0.4) is 0 Å². The minimum atomic E-state index is -0.397. The van der Waals surface area contributed by atoms with Crippen LogP contribution in [0.4, 0.5) is 5.69 Å². The molecule has 2 atom stereocenters. The lowest BCUT2D eigenvalue weighted by molar-refractivity contribution is 0.111. The number of H-pyrrole nitrogens is 1. The first-order valence-electron chi connectivity index (χ1n) is 4.95. The predicted molar refractivity (Wildman–Crippen MR) is 60.9 cm³/mol. The van der Waals surface area contributed by atoms with Crippen LogP contribution < -0.4 is 16.2 Å². The van der Waals surface area contributed by atoms with Gasteiger partial charge in [0.15, 0.2) is 0 Å². The summed E-state index contributed by atoms with van der Waals surface area (Å²) in [7, 11) is 1.66. The molecule has 6 nitrogen and oxygen atoms in total. The lowest BCUT2D eigenvalue weighted by Gasteiger charge is -2.19. The van der Waals surface area contributed by atoms with E-state index in [1.54, 1.807) is 7.11 Å². The third-order valence-corrected chi connectivity index (χ3v) is 2.97. The first kappa shape index (κ1) is 11.4. The quantitative estimate of drug-likeness (QED) is 0.688. The molecule has 0 spiro atoms. The lowest BCUT2D eigenvalue weighted by Crippen LogP contribution is -2.34. The topological polar surface area (TPSA) is 79.0 Å². The van der Waals surface area contributed by atoms with Gasteiger partial charge in [0, 0.05) is 20.2 Å².